The van der Waals surface area contributed by atoms with Crippen molar-refractivity contribution in [3.63, 3.8) is 0 Å². The normalized spacial score (nSPS) is 12.5. The number of nitrogens with zero attached hydrogens (tertiary/aromatic N) is 2. The summed E-state index contributed by atoms with van der Waals surface area (Å²) in [6.07, 6.45) is 8.17. The van der Waals surface area contributed by atoms with E-state index in [1.54, 1.807) is 13.3 Å². The second-order valence-corrected chi connectivity index (χ2v) is 8.59. The zero-order valence-electron chi connectivity index (χ0n) is 19.1. The molecule has 0 radical (unpaired) electrons. The van der Waals surface area contributed by atoms with Crippen LogP contribution in [0.25, 0.3) is 33.3 Å². The second kappa shape index (κ2) is 9.92. The number of fused-ring (bicyclic) bond motifs is 1. The molecule has 1 aliphatic carbocycles. The molecule has 0 unspecified atom stereocenters. The number of nitrogens with two attached hydrogens (primary N) is 1. The van der Waals surface area contributed by atoms with E-state index in [1.165, 1.54) is 30.4 Å². The molecule has 4 heteroatoms. The van der Waals surface area contributed by atoms with Crippen LogP contribution >= 0.6 is 0 Å². The Kier molecular flexibility index (Phi) is 6.81. The smallest absolute Gasteiger partial charge is 0.0747 e. The first-order valence-electron chi connectivity index (χ1n) is 11.3. The molecule has 32 heavy (non-hydrogen) atoms. The van der Waals surface area contributed by atoms with Crippen LogP contribution in [-0.4, -0.2) is 17.1 Å². The zero-order chi connectivity index (χ0) is 22.5. The van der Waals surface area contributed by atoms with Gasteiger partial charge in [-0.3, -0.25) is 4.98 Å². The lowest BCUT2D eigenvalue weighted by atomic mass is 9.90. The maximum absolute atomic E-state index is 5.81. The van der Waals surface area contributed by atoms with Gasteiger partial charge in [-0.2, -0.15) is 0 Å². The van der Waals surface area contributed by atoms with Gasteiger partial charge in [-0.15, -0.1) is 0 Å². The molecule has 2 aromatic heterocycles. The van der Waals surface area contributed by atoms with E-state index in [0.717, 1.165) is 39.0 Å². The van der Waals surface area contributed by atoms with Crippen molar-refractivity contribution >= 4 is 16.6 Å². The van der Waals surface area contributed by atoms with Crippen LogP contribution in [0.5, 0.6) is 0 Å². The summed E-state index contributed by atoms with van der Waals surface area (Å²) in [7, 11) is 1.73. The second-order valence-electron chi connectivity index (χ2n) is 8.59. The molecule has 5 rings (SSSR count). The third kappa shape index (κ3) is 4.97. The van der Waals surface area contributed by atoms with Crippen molar-refractivity contribution in [1.82, 2.24) is 9.97 Å². The fraction of sp³-hybridized carbons (Fsp3) is 0.286. The van der Waals surface area contributed by atoms with Crippen molar-refractivity contribution in [3.8, 4) is 22.4 Å². The zero-order valence-corrected chi connectivity index (χ0v) is 19.1. The van der Waals surface area contributed by atoms with Crippen molar-refractivity contribution in [2.24, 2.45) is 0 Å². The Hall–Kier alpha value is -3.24. The number of anilines is 1. The summed E-state index contributed by atoms with van der Waals surface area (Å²) in [5, 5.41) is 1.06. The molecular formula is C28H31N3O. The summed E-state index contributed by atoms with van der Waals surface area (Å²) >= 11 is 0. The number of pyridine rings is 2. The molecule has 0 saturated heterocycles. The van der Waals surface area contributed by atoms with Crippen molar-refractivity contribution < 1.29 is 4.74 Å². The highest BCUT2D eigenvalue weighted by atomic mass is 16.5. The average Bonchev–Trinajstić information content (AvgIpc) is 3.69. The van der Waals surface area contributed by atoms with E-state index < -0.39 is 0 Å². The number of aromatic nitrogens is 2. The summed E-state index contributed by atoms with van der Waals surface area (Å²) in [6, 6.07) is 18.5. The van der Waals surface area contributed by atoms with Gasteiger partial charge in [0.1, 0.15) is 0 Å². The number of ether oxygens (including phenoxy) is 1. The van der Waals surface area contributed by atoms with E-state index in [1.807, 2.05) is 36.5 Å². The van der Waals surface area contributed by atoms with Gasteiger partial charge in [0.05, 0.1) is 17.8 Å². The van der Waals surface area contributed by atoms with Crippen LogP contribution in [0.4, 0.5) is 5.69 Å². The van der Waals surface area contributed by atoms with Gasteiger partial charge in [0.2, 0.25) is 0 Å². The number of benzene rings is 2. The fourth-order valence-electron chi connectivity index (χ4n) is 3.82. The van der Waals surface area contributed by atoms with Gasteiger partial charge in [-0.1, -0.05) is 69.5 Å². The molecule has 4 nitrogen and oxygen atoms in total. The summed E-state index contributed by atoms with van der Waals surface area (Å²) in [6.45, 7) is 4.93. The molecule has 4 aromatic rings. The largest absolute Gasteiger partial charge is 0.399 e. The van der Waals surface area contributed by atoms with Crippen LogP contribution in [-0.2, 0) is 11.3 Å². The van der Waals surface area contributed by atoms with Crippen LogP contribution < -0.4 is 5.73 Å². The van der Waals surface area contributed by atoms with Crippen LogP contribution in [0, 0.1) is 0 Å². The lowest BCUT2D eigenvalue weighted by Crippen LogP contribution is -2.05. The number of methoxy groups -OCH3 is 1. The van der Waals surface area contributed by atoms with Gasteiger partial charge in [-0.05, 0) is 46.4 Å². The van der Waals surface area contributed by atoms with E-state index in [9.17, 15) is 0 Å². The first-order valence-corrected chi connectivity index (χ1v) is 11.3. The Morgan fingerprint density at radius 3 is 2.03 bits per heavy atom. The molecule has 1 fully saturated rings. The Bertz CT molecular complexity index is 1180. The van der Waals surface area contributed by atoms with E-state index >= 15 is 0 Å². The molecule has 0 spiro atoms. The fourth-order valence-corrected chi connectivity index (χ4v) is 3.82. The topological polar surface area (TPSA) is 61.0 Å². The minimum Gasteiger partial charge on any atom is -0.399 e. The van der Waals surface area contributed by atoms with Crippen molar-refractivity contribution in [3.05, 3.63) is 78.1 Å². The minimum absolute atomic E-state index is 0.309. The predicted octanol–water partition coefficient (Wildman–Crippen LogP) is 6.99. The Morgan fingerprint density at radius 1 is 0.875 bits per heavy atom. The molecule has 1 saturated carbocycles. The van der Waals surface area contributed by atoms with Crippen molar-refractivity contribution in [2.75, 3.05) is 12.8 Å². The minimum atomic E-state index is 0.309. The molecule has 2 N–H and O–H groups in total. The van der Waals surface area contributed by atoms with E-state index in [4.69, 9.17) is 15.5 Å². The Morgan fingerprint density at radius 2 is 1.47 bits per heavy atom. The van der Waals surface area contributed by atoms with Crippen LogP contribution in [0.1, 0.15) is 50.2 Å². The third-order valence-electron chi connectivity index (χ3n) is 5.56. The molecule has 1 aliphatic rings. The summed E-state index contributed by atoms with van der Waals surface area (Å²) in [5.74, 6) is 0.309. The van der Waals surface area contributed by atoms with Gasteiger partial charge >= 0.3 is 0 Å². The first kappa shape index (κ1) is 22.0. The van der Waals surface area contributed by atoms with E-state index in [0.29, 0.717) is 12.5 Å². The van der Waals surface area contributed by atoms with Crippen LogP contribution in [0.15, 0.2) is 67.0 Å². The van der Waals surface area contributed by atoms with Gasteiger partial charge in [0.25, 0.3) is 0 Å². The standard InChI is InChI=1S/C25H25N3O.C3H6/c1-16(2)24-22(15-29-3)21-14-27-13-12-23(21)28-25(24)19-6-4-17(5-7-19)18-8-10-20(26)11-9-18;1-2-3-1/h4-14,16H,15,26H2,1-3H3;1-3H2. The number of hydrogen-bond acceptors (Lipinski definition) is 4. The maximum Gasteiger partial charge on any atom is 0.0747 e. The quantitative estimate of drug-likeness (QED) is 0.350. The van der Waals surface area contributed by atoms with Gasteiger partial charge in [-0.25, -0.2) is 4.98 Å². The van der Waals surface area contributed by atoms with Gasteiger partial charge in [0, 0.05) is 36.1 Å². The van der Waals surface area contributed by atoms with Crippen molar-refractivity contribution in [1.29, 1.82) is 0 Å². The van der Waals surface area contributed by atoms with Gasteiger partial charge in [0.15, 0.2) is 0 Å². The highest BCUT2D eigenvalue weighted by Gasteiger charge is 2.19. The highest BCUT2D eigenvalue weighted by Crippen LogP contribution is 2.36. The SMILES string of the molecule is C1CC1.COCc1c(C(C)C)c(-c2ccc(-c3ccc(N)cc3)cc2)nc2ccncc12. The van der Waals surface area contributed by atoms with E-state index in [2.05, 4.69) is 43.1 Å². The molecule has 2 heterocycles. The highest BCUT2D eigenvalue weighted by molar-refractivity contribution is 5.87. The number of nitrogen functional groups attached to an aromatic ring is 1. The predicted molar refractivity (Wildman–Crippen MR) is 133 cm³/mol. The number of rotatable bonds is 5. The first-order chi connectivity index (χ1) is 15.6. The molecule has 164 valence electrons. The molecule has 2 aromatic carbocycles. The van der Waals surface area contributed by atoms with Crippen LogP contribution in [0.3, 0.4) is 0 Å². The Balaban J connectivity index is 0.000000754. The average molecular weight is 426 g/mol. The monoisotopic (exact) mass is 425 g/mol. The van der Waals surface area contributed by atoms with Crippen LogP contribution in [0.2, 0.25) is 0 Å². The van der Waals surface area contributed by atoms with Gasteiger partial charge < -0.3 is 10.5 Å². The van der Waals surface area contributed by atoms with E-state index in [-0.39, 0.29) is 0 Å². The summed E-state index contributed by atoms with van der Waals surface area (Å²) < 4.78 is 5.54. The van der Waals surface area contributed by atoms with Crippen molar-refractivity contribution in [2.45, 2.75) is 45.6 Å². The molecule has 0 aliphatic heterocycles. The third-order valence-corrected chi connectivity index (χ3v) is 5.56. The molecule has 0 amide bonds. The molecule has 0 bridgehead atoms. The maximum atomic E-state index is 5.81. The Labute approximate surface area is 190 Å². The summed E-state index contributed by atoms with van der Waals surface area (Å²) in [4.78, 5) is 9.32. The lowest BCUT2D eigenvalue weighted by molar-refractivity contribution is 0.185. The lowest BCUT2D eigenvalue weighted by Gasteiger charge is -2.19. The number of hydrogen-bond donors (Lipinski definition) is 1. The summed E-state index contributed by atoms with van der Waals surface area (Å²) in [5.41, 5.74) is 14.3. The molecule has 0 atom stereocenters. The molecular weight excluding hydrogens is 394 g/mol.